The van der Waals surface area contributed by atoms with Crippen LogP contribution in [0.2, 0.25) is 0 Å². The predicted molar refractivity (Wildman–Crippen MR) is 206 cm³/mol. The molecular weight excluding hydrogens is 580 g/mol. The van der Waals surface area contributed by atoms with Gasteiger partial charge in [-0.1, -0.05) is 81.1 Å². The van der Waals surface area contributed by atoms with Gasteiger partial charge >= 0.3 is 0 Å². The molecule has 2 rings (SSSR count). The Morgan fingerprint density at radius 2 is 0.617 bits per heavy atom. The van der Waals surface area contributed by atoms with E-state index in [4.69, 9.17) is 17.2 Å². The van der Waals surface area contributed by atoms with Crippen molar-refractivity contribution in [3.63, 3.8) is 0 Å². The minimum absolute atomic E-state index is 0.754. The van der Waals surface area contributed by atoms with Gasteiger partial charge in [0.05, 0.1) is 0 Å². The lowest BCUT2D eigenvalue weighted by molar-refractivity contribution is 0.546. The highest BCUT2D eigenvalue weighted by atomic mass is 14.9. The molecule has 0 amide bonds. The van der Waals surface area contributed by atoms with E-state index in [0.717, 1.165) is 104 Å². The van der Waals surface area contributed by atoms with Crippen LogP contribution in [0.15, 0.2) is 48.5 Å². The molecule has 2 aromatic rings. The molecule has 8 heteroatoms. The van der Waals surface area contributed by atoms with Crippen LogP contribution in [0.5, 0.6) is 0 Å². The number of nitrogens with one attached hydrogen (secondary N) is 5. The Bertz CT molecular complexity index is 891. The molecule has 11 N–H and O–H groups in total. The van der Waals surface area contributed by atoms with Crippen molar-refractivity contribution in [3.05, 3.63) is 70.8 Å². The van der Waals surface area contributed by atoms with Gasteiger partial charge in [0.15, 0.2) is 0 Å². The van der Waals surface area contributed by atoms with Gasteiger partial charge in [0, 0.05) is 19.6 Å². The average Bonchev–Trinajstić information content (AvgIpc) is 3.10. The zero-order valence-corrected chi connectivity index (χ0v) is 30.2. The van der Waals surface area contributed by atoms with Crippen LogP contribution in [0, 0.1) is 0 Å². The second-order valence-electron chi connectivity index (χ2n) is 12.6. The number of unbranched alkanes of at least 4 members (excludes halogenated alkanes) is 7. The lowest BCUT2D eigenvalue weighted by atomic mass is 10.1. The highest BCUT2D eigenvalue weighted by Gasteiger charge is 1.97. The Kier molecular flexibility index (Phi) is 31.2. The number of aryl methyl sites for hydroxylation is 1. The molecule has 270 valence electrons. The van der Waals surface area contributed by atoms with Crippen LogP contribution in [-0.2, 0) is 26.1 Å². The Hall–Kier alpha value is -1.88. The van der Waals surface area contributed by atoms with Crippen molar-refractivity contribution in [2.24, 2.45) is 17.2 Å². The smallest absolute Gasteiger partial charge is 0.0205 e. The molecule has 0 bridgehead atoms. The van der Waals surface area contributed by atoms with E-state index in [1.807, 2.05) is 0 Å². The van der Waals surface area contributed by atoms with Crippen molar-refractivity contribution in [2.75, 3.05) is 65.4 Å². The maximum absolute atomic E-state index is 5.50. The van der Waals surface area contributed by atoms with Gasteiger partial charge in [0.25, 0.3) is 0 Å². The van der Waals surface area contributed by atoms with Gasteiger partial charge in [-0.15, -0.1) is 0 Å². The monoisotopic (exact) mass is 655 g/mol. The first kappa shape index (κ1) is 43.1. The minimum Gasteiger partial charge on any atom is -0.330 e. The molecular formula is C39H74N8. The summed E-state index contributed by atoms with van der Waals surface area (Å²) in [6, 6.07) is 17.8. The van der Waals surface area contributed by atoms with E-state index in [2.05, 4.69) is 82.0 Å². The number of nitrogens with two attached hydrogens (primary N) is 3. The topological polar surface area (TPSA) is 138 Å². The zero-order chi connectivity index (χ0) is 33.9. The summed E-state index contributed by atoms with van der Waals surface area (Å²) in [5.41, 5.74) is 21.9. The van der Waals surface area contributed by atoms with Gasteiger partial charge in [0.1, 0.15) is 0 Å². The van der Waals surface area contributed by atoms with Crippen molar-refractivity contribution >= 4 is 0 Å². The first-order valence-corrected chi connectivity index (χ1v) is 19.0. The van der Waals surface area contributed by atoms with Gasteiger partial charge in [0.2, 0.25) is 0 Å². The van der Waals surface area contributed by atoms with Crippen molar-refractivity contribution in [1.82, 2.24) is 26.6 Å². The number of benzene rings is 2. The average molecular weight is 655 g/mol. The summed E-state index contributed by atoms with van der Waals surface area (Å²) in [7, 11) is 0. The predicted octanol–water partition coefficient (Wildman–Crippen LogP) is 4.94. The van der Waals surface area contributed by atoms with E-state index in [1.165, 1.54) is 86.5 Å². The zero-order valence-electron chi connectivity index (χ0n) is 30.2. The fraction of sp³-hybridized carbons (Fsp3) is 0.692. The summed E-state index contributed by atoms with van der Waals surface area (Å²) >= 11 is 0. The van der Waals surface area contributed by atoms with Crippen LogP contribution < -0.4 is 43.8 Å². The fourth-order valence-corrected chi connectivity index (χ4v) is 5.17. The van der Waals surface area contributed by atoms with E-state index in [9.17, 15) is 0 Å². The molecule has 0 aliphatic rings. The SMILES string of the molecule is CCc1ccc(CNCCCCNCCCN)cc1.NCCCCCCNCCCCCCNCc1ccc(CNCCCN)cc1. The maximum atomic E-state index is 5.50. The number of hydrogen-bond acceptors (Lipinski definition) is 8. The Morgan fingerprint density at radius 1 is 0.340 bits per heavy atom. The van der Waals surface area contributed by atoms with Gasteiger partial charge in [-0.3, -0.25) is 0 Å². The summed E-state index contributed by atoms with van der Waals surface area (Å²) in [5, 5.41) is 17.4. The molecule has 0 aliphatic carbocycles. The molecule has 0 atom stereocenters. The van der Waals surface area contributed by atoms with Crippen molar-refractivity contribution in [2.45, 2.75) is 110 Å². The first-order chi connectivity index (χ1) is 23.2. The van der Waals surface area contributed by atoms with Crippen LogP contribution in [0.3, 0.4) is 0 Å². The van der Waals surface area contributed by atoms with Crippen molar-refractivity contribution in [1.29, 1.82) is 0 Å². The summed E-state index contributed by atoms with van der Waals surface area (Å²) in [6.07, 6.45) is 15.9. The van der Waals surface area contributed by atoms with Gasteiger partial charge in [-0.25, -0.2) is 0 Å². The third kappa shape index (κ3) is 27.7. The minimum atomic E-state index is 0.754. The molecule has 8 nitrogen and oxygen atoms in total. The van der Waals surface area contributed by atoms with Crippen LogP contribution >= 0.6 is 0 Å². The van der Waals surface area contributed by atoms with Gasteiger partial charge < -0.3 is 43.8 Å². The van der Waals surface area contributed by atoms with E-state index in [0.29, 0.717) is 0 Å². The van der Waals surface area contributed by atoms with E-state index >= 15 is 0 Å². The largest absolute Gasteiger partial charge is 0.330 e. The summed E-state index contributed by atoms with van der Waals surface area (Å²) in [5.74, 6) is 0. The Morgan fingerprint density at radius 3 is 0.979 bits per heavy atom. The maximum Gasteiger partial charge on any atom is 0.0205 e. The van der Waals surface area contributed by atoms with Crippen LogP contribution in [0.4, 0.5) is 0 Å². The molecule has 0 heterocycles. The van der Waals surface area contributed by atoms with Crippen LogP contribution in [0.1, 0.15) is 106 Å². The van der Waals surface area contributed by atoms with Gasteiger partial charge in [-0.2, -0.15) is 0 Å². The van der Waals surface area contributed by atoms with Crippen LogP contribution in [0.25, 0.3) is 0 Å². The highest BCUT2D eigenvalue weighted by molar-refractivity contribution is 5.23. The van der Waals surface area contributed by atoms with E-state index in [-0.39, 0.29) is 0 Å². The van der Waals surface area contributed by atoms with Crippen molar-refractivity contribution < 1.29 is 0 Å². The molecule has 0 saturated carbocycles. The second-order valence-corrected chi connectivity index (χ2v) is 12.6. The molecule has 0 aliphatic heterocycles. The number of rotatable bonds is 31. The lowest BCUT2D eigenvalue weighted by Crippen LogP contribution is -2.21. The number of hydrogen-bond donors (Lipinski definition) is 8. The Labute approximate surface area is 289 Å². The van der Waals surface area contributed by atoms with Crippen molar-refractivity contribution in [3.8, 4) is 0 Å². The summed E-state index contributed by atoms with van der Waals surface area (Å²) < 4.78 is 0. The third-order valence-electron chi connectivity index (χ3n) is 8.28. The third-order valence-corrected chi connectivity index (χ3v) is 8.28. The lowest BCUT2D eigenvalue weighted by Gasteiger charge is -2.08. The standard InChI is InChI=1S/C23H45N5.C16H29N3/c24-14-5-1-2-6-16-26-17-7-3-4-8-18-27-20-22-10-12-23(13-11-22)21-28-19-9-15-25;1-2-15-6-8-16(9-7-15)14-19-12-4-3-11-18-13-5-10-17/h10-13,26-28H,1-9,14-21,24-25H2;6-9,18-19H,2-5,10-14,17H2,1H3. The van der Waals surface area contributed by atoms with Gasteiger partial charge in [-0.05, 0) is 145 Å². The van der Waals surface area contributed by atoms with Crippen LogP contribution in [-0.4, -0.2) is 65.4 Å². The molecule has 2 aromatic carbocycles. The summed E-state index contributed by atoms with van der Waals surface area (Å²) in [4.78, 5) is 0. The fourth-order valence-electron chi connectivity index (χ4n) is 5.17. The van der Waals surface area contributed by atoms with E-state index < -0.39 is 0 Å². The first-order valence-electron chi connectivity index (χ1n) is 19.0. The highest BCUT2D eigenvalue weighted by Crippen LogP contribution is 2.06. The quantitative estimate of drug-likeness (QED) is 0.0536. The molecule has 0 aromatic heterocycles. The molecule has 47 heavy (non-hydrogen) atoms. The van der Waals surface area contributed by atoms with E-state index in [1.54, 1.807) is 0 Å². The Balaban J connectivity index is 0.000000506. The molecule has 0 radical (unpaired) electrons. The normalized spacial score (nSPS) is 11.1. The summed E-state index contributed by atoms with van der Waals surface area (Å²) in [6.45, 7) is 15.1. The molecule has 0 spiro atoms. The molecule has 0 saturated heterocycles. The molecule has 0 fully saturated rings. The molecule has 0 unspecified atom stereocenters. The second kappa shape index (κ2) is 34.0.